The number of anilines is 2. The van der Waals surface area contributed by atoms with E-state index in [1.807, 2.05) is 57.2 Å². The molecule has 0 heterocycles. The standard InChI is InChI=1S/C18H22N2O3/c1-18(2,3)23-17(22)20-16-7-5-4-6-15(16)19-12-13-8-10-14(21)11-9-13/h4-11,19,21H,12H2,1-3H3,(H,20,22). The molecule has 0 aliphatic rings. The Labute approximate surface area is 136 Å². The fraction of sp³-hybridized carbons (Fsp3) is 0.278. The predicted octanol–water partition coefficient (Wildman–Crippen LogP) is 4.35. The lowest BCUT2D eigenvalue weighted by molar-refractivity contribution is 0.0636. The smallest absolute Gasteiger partial charge is 0.412 e. The van der Waals surface area contributed by atoms with Crippen molar-refractivity contribution in [1.82, 2.24) is 0 Å². The van der Waals surface area contributed by atoms with Crippen LogP contribution in [0.5, 0.6) is 5.75 Å². The monoisotopic (exact) mass is 314 g/mol. The van der Waals surface area contributed by atoms with Crippen molar-refractivity contribution in [2.45, 2.75) is 32.9 Å². The molecule has 0 aliphatic carbocycles. The van der Waals surface area contributed by atoms with Gasteiger partial charge < -0.3 is 15.2 Å². The molecular weight excluding hydrogens is 292 g/mol. The molecule has 2 aromatic carbocycles. The number of phenols is 1. The van der Waals surface area contributed by atoms with Crippen LogP contribution in [0.4, 0.5) is 16.2 Å². The summed E-state index contributed by atoms with van der Waals surface area (Å²) < 4.78 is 5.27. The van der Waals surface area contributed by atoms with Gasteiger partial charge in [0.1, 0.15) is 11.4 Å². The third-order valence-corrected chi connectivity index (χ3v) is 2.98. The Morgan fingerprint density at radius 3 is 2.26 bits per heavy atom. The summed E-state index contributed by atoms with van der Waals surface area (Å²) in [6.07, 6.45) is -0.489. The van der Waals surface area contributed by atoms with Crippen LogP contribution in [0.3, 0.4) is 0 Å². The first-order valence-electron chi connectivity index (χ1n) is 7.44. The largest absolute Gasteiger partial charge is 0.508 e. The molecule has 0 bridgehead atoms. The van der Waals surface area contributed by atoms with E-state index in [1.165, 1.54) is 0 Å². The van der Waals surface area contributed by atoms with Crippen molar-refractivity contribution in [3.63, 3.8) is 0 Å². The molecule has 0 atom stereocenters. The molecule has 1 amide bonds. The zero-order valence-electron chi connectivity index (χ0n) is 13.6. The first kappa shape index (κ1) is 16.7. The minimum Gasteiger partial charge on any atom is -0.508 e. The SMILES string of the molecule is CC(C)(C)OC(=O)Nc1ccccc1NCc1ccc(O)cc1. The summed E-state index contributed by atoms with van der Waals surface area (Å²) in [5.74, 6) is 0.237. The highest BCUT2D eigenvalue weighted by Crippen LogP contribution is 2.23. The number of nitrogens with one attached hydrogen (secondary N) is 2. The van der Waals surface area contributed by atoms with Crippen LogP contribution in [0.1, 0.15) is 26.3 Å². The van der Waals surface area contributed by atoms with E-state index in [4.69, 9.17) is 4.74 Å². The number of carbonyl (C=O) groups is 1. The van der Waals surface area contributed by atoms with Gasteiger partial charge in [0.25, 0.3) is 0 Å². The second-order valence-electron chi connectivity index (χ2n) is 6.19. The van der Waals surface area contributed by atoms with Crippen molar-refractivity contribution in [2.24, 2.45) is 0 Å². The summed E-state index contributed by atoms with van der Waals surface area (Å²) in [5, 5.41) is 15.3. The molecule has 5 heteroatoms. The van der Waals surface area contributed by atoms with Crippen LogP contribution in [-0.2, 0) is 11.3 Å². The molecule has 0 radical (unpaired) electrons. The van der Waals surface area contributed by atoms with Gasteiger partial charge in [0, 0.05) is 6.54 Å². The normalized spacial score (nSPS) is 10.9. The summed E-state index contributed by atoms with van der Waals surface area (Å²) in [7, 11) is 0. The summed E-state index contributed by atoms with van der Waals surface area (Å²) in [6, 6.07) is 14.4. The van der Waals surface area contributed by atoms with Gasteiger partial charge in [-0.1, -0.05) is 24.3 Å². The molecule has 122 valence electrons. The molecule has 0 unspecified atom stereocenters. The van der Waals surface area contributed by atoms with E-state index in [-0.39, 0.29) is 5.75 Å². The highest BCUT2D eigenvalue weighted by molar-refractivity contribution is 5.89. The van der Waals surface area contributed by atoms with Gasteiger partial charge in [0.2, 0.25) is 0 Å². The van der Waals surface area contributed by atoms with Crippen LogP contribution in [0.15, 0.2) is 48.5 Å². The van der Waals surface area contributed by atoms with E-state index >= 15 is 0 Å². The van der Waals surface area contributed by atoms with Crippen molar-refractivity contribution < 1.29 is 14.6 Å². The lowest BCUT2D eigenvalue weighted by Gasteiger charge is -2.20. The molecule has 23 heavy (non-hydrogen) atoms. The predicted molar refractivity (Wildman–Crippen MR) is 91.7 cm³/mol. The minimum absolute atomic E-state index is 0.237. The molecule has 2 rings (SSSR count). The van der Waals surface area contributed by atoms with Crippen LogP contribution in [0.2, 0.25) is 0 Å². The molecular formula is C18H22N2O3. The van der Waals surface area contributed by atoms with Gasteiger partial charge >= 0.3 is 6.09 Å². The van der Waals surface area contributed by atoms with E-state index < -0.39 is 11.7 Å². The van der Waals surface area contributed by atoms with Crippen molar-refractivity contribution in [1.29, 1.82) is 0 Å². The lowest BCUT2D eigenvalue weighted by Crippen LogP contribution is -2.27. The van der Waals surface area contributed by atoms with Crippen LogP contribution in [0.25, 0.3) is 0 Å². The first-order chi connectivity index (χ1) is 10.8. The number of ether oxygens (including phenoxy) is 1. The first-order valence-corrected chi connectivity index (χ1v) is 7.44. The van der Waals surface area contributed by atoms with Gasteiger partial charge in [-0.25, -0.2) is 4.79 Å². The number of hydrogen-bond acceptors (Lipinski definition) is 4. The summed E-state index contributed by atoms with van der Waals surface area (Å²) in [4.78, 5) is 11.9. The molecule has 0 spiro atoms. The van der Waals surface area contributed by atoms with Gasteiger partial charge in [0.05, 0.1) is 11.4 Å². The van der Waals surface area contributed by atoms with Crippen LogP contribution < -0.4 is 10.6 Å². The fourth-order valence-electron chi connectivity index (χ4n) is 1.97. The number of amides is 1. The van der Waals surface area contributed by atoms with E-state index in [0.717, 1.165) is 11.3 Å². The quantitative estimate of drug-likeness (QED) is 0.784. The molecule has 0 aromatic heterocycles. The molecule has 0 aliphatic heterocycles. The van der Waals surface area contributed by atoms with Crippen LogP contribution in [-0.4, -0.2) is 16.8 Å². The Kier molecular flexibility index (Phi) is 5.11. The van der Waals surface area contributed by atoms with Gasteiger partial charge in [-0.3, -0.25) is 5.32 Å². The number of hydrogen-bond donors (Lipinski definition) is 3. The summed E-state index contributed by atoms with van der Waals surface area (Å²) >= 11 is 0. The molecule has 2 aromatic rings. The summed E-state index contributed by atoms with van der Waals surface area (Å²) in [5.41, 5.74) is 1.93. The van der Waals surface area contributed by atoms with E-state index in [0.29, 0.717) is 12.2 Å². The van der Waals surface area contributed by atoms with E-state index in [9.17, 15) is 9.90 Å². The Bertz CT molecular complexity index is 661. The van der Waals surface area contributed by atoms with Crippen LogP contribution >= 0.6 is 0 Å². The Hall–Kier alpha value is -2.69. The zero-order chi connectivity index (χ0) is 16.9. The molecule has 3 N–H and O–H groups in total. The third kappa shape index (κ3) is 5.54. The Morgan fingerprint density at radius 1 is 1.04 bits per heavy atom. The van der Waals surface area contributed by atoms with Crippen molar-refractivity contribution in [2.75, 3.05) is 10.6 Å². The second-order valence-corrected chi connectivity index (χ2v) is 6.19. The Balaban J connectivity index is 2.02. The number of rotatable bonds is 4. The Morgan fingerprint density at radius 2 is 1.65 bits per heavy atom. The molecule has 0 fully saturated rings. The lowest BCUT2D eigenvalue weighted by atomic mass is 10.2. The number of benzene rings is 2. The number of para-hydroxylation sites is 2. The van der Waals surface area contributed by atoms with Crippen molar-refractivity contribution in [3.8, 4) is 5.75 Å². The average Bonchev–Trinajstić information content (AvgIpc) is 2.46. The van der Waals surface area contributed by atoms with Crippen molar-refractivity contribution >= 4 is 17.5 Å². The maximum Gasteiger partial charge on any atom is 0.412 e. The van der Waals surface area contributed by atoms with Crippen LogP contribution in [0, 0.1) is 0 Å². The number of aromatic hydroxyl groups is 1. The van der Waals surface area contributed by atoms with Crippen molar-refractivity contribution in [3.05, 3.63) is 54.1 Å². The topological polar surface area (TPSA) is 70.6 Å². The van der Waals surface area contributed by atoms with E-state index in [1.54, 1.807) is 12.1 Å². The van der Waals surface area contributed by atoms with Gasteiger partial charge in [-0.15, -0.1) is 0 Å². The fourth-order valence-corrected chi connectivity index (χ4v) is 1.97. The number of phenolic OH excluding ortho intramolecular Hbond substituents is 1. The van der Waals surface area contributed by atoms with Gasteiger partial charge in [0.15, 0.2) is 0 Å². The highest BCUT2D eigenvalue weighted by atomic mass is 16.6. The minimum atomic E-state index is -0.543. The number of carbonyl (C=O) groups excluding carboxylic acids is 1. The summed E-state index contributed by atoms with van der Waals surface area (Å²) in [6.45, 7) is 6.04. The average molecular weight is 314 g/mol. The van der Waals surface area contributed by atoms with Gasteiger partial charge in [-0.2, -0.15) is 0 Å². The van der Waals surface area contributed by atoms with Gasteiger partial charge in [-0.05, 0) is 50.6 Å². The molecule has 0 saturated carbocycles. The zero-order valence-corrected chi connectivity index (χ0v) is 13.6. The molecule has 0 saturated heterocycles. The highest BCUT2D eigenvalue weighted by Gasteiger charge is 2.17. The van der Waals surface area contributed by atoms with E-state index in [2.05, 4.69) is 10.6 Å². The maximum atomic E-state index is 11.9. The molecule has 5 nitrogen and oxygen atoms in total. The third-order valence-electron chi connectivity index (χ3n) is 2.98. The second kappa shape index (κ2) is 7.05. The maximum absolute atomic E-state index is 11.9.